The van der Waals surface area contributed by atoms with E-state index in [0.29, 0.717) is 18.3 Å². The topological polar surface area (TPSA) is 63.6 Å². The molecule has 7 unspecified atom stereocenters. The first-order valence-electron chi connectivity index (χ1n) is 10.9. The molecule has 4 aliphatic rings. The summed E-state index contributed by atoms with van der Waals surface area (Å²) in [6, 6.07) is 0. The Morgan fingerprint density at radius 1 is 1.29 bits per heavy atom. The molecule has 4 rings (SSSR count). The van der Waals surface area contributed by atoms with Gasteiger partial charge in [-0.2, -0.15) is 0 Å². The van der Waals surface area contributed by atoms with Crippen LogP contribution in [0.4, 0.5) is 0 Å². The minimum atomic E-state index is -0.447. The lowest BCUT2D eigenvalue weighted by Gasteiger charge is -2.58. The van der Waals surface area contributed by atoms with E-state index in [4.69, 9.17) is 4.74 Å². The minimum absolute atomic E-state index is 0.0138. The molecule has 0 saturated heterocycles. The van der Waals surface area contributed by atoms with E-state index >= 15 is 0 Å². The molecular formula is C24H34O4. The van der Waals surface area contributed by atoms with Crippen molar-refractivity contribution in [2.75, 3.05) is 6.61 Å². The van der Waals surface area contributed by atoms with E-state index in [1.807, 2.05) is 19.9 Å². The van der Waals surface area contributed by atoms with Crippen molar-refractivity contribution in [2.24, 2.45) is 34.5 Å². The van der Waals surface area contributed by atoms with Crippen molar-refractivity contribution >= 4 is 11.6 Å². The molecule has 3 fully saturated rings. The zero-order valence-electron chi connectivity index (χ0n) is 17.6. The zero-order valence-corrected chi connectivity index (χ0v) is 17.6. The molecule has 0 heterocycles. The maximum Gasteiger partial charge on any atom is 0.178 e. The maximum atomic E-state index is 12.9. The Balaban J connectivity index is 1.61. The van der Waals surface area contributed by atoms with E-state index in [2.05, 4.69) is 13.8 Å². The quantitative estimate of drug-likeness (QED) is 0.796. The van der Waals surface area contributed by atoms with Crippen LogP contribution in [-0.2, 0) is 14.3 Å². The van der Waals surface area contributed by atoms with Gasteiger partial charge in [0.2, 0.25) is 0 Å². The lowest BCUT2D eigenvalue weighted by atomic mass is 9.46. The molecule has 0 aromatic heterocycles. The van der Waals surface area contributed by atoms with E-state index in [-0.39, 0.29) is 46.9 Å². The van der Waals surface area contributed by atoms with Crippen LogP contribution in [0.1, 0.15) is 59.8 Å². The Labute approximate surface area is 168 Å². The Hall–Kier alpha value is -1.26. The van der Waals surface area contributed by atoms with Gasteiger partial charge in [0.15, 0.2) is 11.6 Å². The Kier molecular flexibility index (Phi) is 4.95. The number of aliphatic hydroxyl groups is 1. The van der Waals surface area contributed by atoms with Crippen molar-refractivity contribution in [3.8, 4) is 0 Å². The van der Waals surface area contributed by atoms with Crippen molar-refractivity contribution < 1.29 is 19.4 Å². The van der Waals surface area contributed by atoms with Crippen LogP contribution in [0.15, 0.2) is 23.8 Å². The van der Waals surface area contributed by atoms with Crippen LogP contribution in [0.2, 0.25) is 0 Å². The molecule has 0 aromatic carbocycles. The molecule has 154 valence electrons. The second-order valence-corrected chi connectivity index (χ2v) is 10.3. The van der Waals surface area contributed by atoms with Crippen LogP contribution in [0.5, 0.6) is 0 Å². The van der Waals surface area contributed by atoms with Crippen molar-refractivity contribution in [3.05, 3.63) is 23.8 Å². The molecule has 4 heteroatoms. The number of carbonyl (C=O) groups excluding carboxylic acids is 2. The van der Waals surface area contributed by atoms with Gasteiger partial charge in [-0.05, 0) is 75.4 Å². The number of hydrogen-bond donors (Lipinski definition) is 1. The normalized spacial score (nSPS) is 44.7. The molecule has 0 spiro atoms. The highest BCUT2D eigenvalue weighted by Crippen LogP contribution is 2.66. The number of fused-ring (bicyclic) bond motifs is 5. The molecule has 3 saturated carbocycles. The smallest absolute Gasteiger partial charge is 0.178 e. The predicted octanol–water partition coefficient (Wildman–Crippen LogP) is 3.88. The SMILES string of the molecule is CC(C)OCC(=O)C1CCC2C3CCC4=CC(=O)C=CC4(C)C3C(O)CC12C. The van der Waals surface area contributed by atoms with Gasteiger partial charge >= 0.3 is 0 Å². The number of ketones is 2. The third-order valence-corrected chi connectivity index (χ3v) is 8.44. The van der Waals surface area contributed by atoms with E-state index in [1.54, 1.807) is 12.2 Å². The molecule has 1 N–H and O–H groups in total. The summed E-state index contributed by atoms with van der Waals surface area (Å²) in [7, 11) is 0. The van der Waals surface area contributed by atoms with E-state index in [1.165, 1.54) is 5.57 Å². The molecule has 28 heavy (non-hydrogen) atoms. The van der Waals surface area contributed by atoms with Gasteiger partial charge in [-0.15, -0.1) is 0 Å². The molecule has 0 amide bonds. The first-order chi connectivity index (χ1) is 13.2. The fraction of sp³-hybridized carbons (Fsp3) is 0.750. The zero-order chi connectivity index (χ0) is 20.3. The Bertz CT molecular complexity index is 735. The van der Waals surface area contributed by atoms with E-state index in [0.717, 1.165) is 25.7 Å². The highest BCUT2D eigenvalue weighted by molar-refractivity contribution is 6.01. The summed E-state index contributed by atoms with van der Waals surface area (Å²) in [5, 5.41) is 11.3. The number of Topliss-reactive ketones (excluding diaryl/α,β-unsaturated/α-hetero) is 1. The number of rotatable bonds is 4. The second kappa shape index (κ2) is 6.91. The highest BCUT2D eigenvalue weighted by atomic mass is 16.5. The average molecular weight is 387 g/mol. The summed E-state index contributed by atoms with van der Waals surface area (Å²) in [5.74, 6) is 1.25. The standard InChI is InChI=1S/C24H34O4/c1-14(2)28-13-21(27)19-8-7-18-17-6-5-15-11-16(25)9-10-23(15,3)22(17)20(26)12-24(18,19)4/h9-11,14,17-20,22,26H,5-8,12-13H2,1-4H3. The van der Waals surface area contributed by atoms with E-state index in [9.17, 15) is 14.7 Å². The summed E-state index contributed by atoms with van der Waals surface area (Å²) >= 11 is 0. The van der Waals surface area contributed by atoms with Crippen LogP contribution in [0, 0.1) is 34.5 Å². The van der Waals surface area contributed by atoms with E-state index < -0.39 is 6.10 Å². The van der Waals surface area contributed by atoms with Gasteiger partial charge in [0.1, 0.15) is 6.61 Å². The monoisotopic (exact) mass is 386 g/mol. The third-order valence-electron chi connectivity index (χ3n) is 8.44. The first-order valence-corrected chi connectivity index (χ1v) is 10.9. The fourth-order valence-corrected chi connectivity index (χ4v) is 7.20. The molecule has 4 aliphatic carbocycles. The maximum absolute atomic E-state index is 12.9. The number of aliphatic hydroxyl groups excluding tert-OH is 1. The number of allylic oxidation sites excluding steroid dienone is 4. The largest absolute Gasteiger partial charge is 0.393 e. The van der Waals surface area contributed by atoms with Crippen LogP contribution in [0.25, 0.3) is 0 Å². The minimum Gasteiger partial charge on any atom is -0.393 e. The number of hydrogen-bond acceptors (Lipinski definition) is 4. The predicted molar refractivity (Wildman–Crippen MR) is 108 cm³/mol. The summed E-state index contributed by atoms with van der Waals surface area (Å²) in [6.07, 6.45) is 9.68. The molecular weight excluding hydrogens is 352 g/mol. The molecule has 0 aromatic rings. The van der Waals surface area contributed by atoms with Gasteiger partial charge in [-0.25, -0.2) is 0 Å². The van der Waals surface area contributed by atoms with Gasteiger partial charge in [0.05, 0.1) is 12.2 Å². The summed E-state index contributed by atoms with van der Waals surface area (Å²) in [4.78, 5) is 24.8. The van der Waals surface area contributed by atoms with Crippen molar-refractivity contribution in [1.82, 2.24) is 0 Å². The Morgan fingerprint density at radius 2 is 2.04 bits per heavy atom. The van der Waals surface area contributed by atoms with Gasteiger partial charge in [0, 0.05) is 17.3 Å². The molecule has 0 aliphatic heterocycles. The van der Waals surface area contributed by atoms with Crippen LogP contribution in [0.3, 0.4) is 0 Å². The average Bonchev–Trinajstić information content (AvgIpc) is 2.96. The lowest BCUT2D eigenvalue weighted by Crippen LogP contribution is -2.56. The van der Waals surface area contributed by atoms with Crippen LogP contribution in [-0.4, -0.2) is 35.5 Å². The van der Waals surface area contributed by atoms with Gasteiger partial charge in [0.25, 0.3) is 0 Å². The summed E-state index contributed by atoms with van der Waals surface area (Å²) in [6.45, 7) is 8.52. The molecule has 7 atom stereocenters. The van der Waals surface area contributed by atoms with Crippen molar-refractivity contribution in [2.45, 2.75) is 72.0 Å². The molecule has 4 nitrogen and oxygen atoms in total. The Morgan fingerprint density at radius 3 is 2.75 bits per heavy atom. The van der Waals surface area contributed by atoms with Crippen LogP contribution < -0.4 is 0 Å². The van der Waals surface area contributed by atoms with Crippen LogP contribution >= 0.6 is 0 Å². The fourth-order valence-electron chi connectivity index (χ4n) is 7.20. The van der Waals surface area contributed by atoms with Gasteiger partial charge < -0.3 is 9.84 Å². The summed E-state index contributed by atoms with van der Waals surface area (Å²) < 4.78 is 5.61. The molecule has 0 bridgehead atoms. The number of ether oxygens (including phenoxy) is 1. The van der Waals surface area contributed by atoms with Crippen molar-refractivity contribution in [1.29, 1.82) is 0 Å². The lowest BCUT2D eigenvalue weighted by molar-refractivity contribution is -0.143. The third kappa shape index (κ3) is 2.95. The highest BCUT2D eigenvalue weighted by Gasteiger charge is 2.62. The number of carbonyl (C=O) groups is 2. The second-order valence-electron chi connectivity index (χ2n) is 10.3. The first kappa shape index (κ1) is 20.0. The summed E-state index contributed by atoms with van der Waals surface area (Å²) in [5.41, 5.74) is 0.796. The molecule has 0 radical (unpaired) electrons. The van der Waals surface area contributed by atoms with Crippen molar-refractivity contribution in [3.63, 3.8) is 0 Å². The van der Waals surface area contributed by atoms with Gasteiger partial charge in [-0.1, -0.05) is 25.5 Å². The van der Waals surface area contributed by atoms with Gasteiger partial charge in [-0.3, -0.25) is 9.59 Å².